The van der Waals surface area contributed by atoms with Crippen LogP contribution in [-0.4, -0.2) is 23.6 Å². The van der Waals surface area contributed by atoms with E-state index in [0.29, 0.717) is 11.8 Å². The molecule has 0 rings (SSSR count). The number of ether oxygens (including phenoxy) is 1. The van der Waals surface area contributed by atoms with Crippen molar-refractivity contribution in [3.05, 3.63) is 12.5 Å². The van der Waals surface area contributed by atoms with Gasteiger partial charge in [-0.15, -0.1) is 0 Å². The Bertz CT molecular complexity index is 226. The van der Waals surface area contributed by atoms with Crippen molar-refractivity contribution >= 4 is 0 Å². The van der Waals surface area contributed by atoms with Gasteiger partial charge in [-0.1, -0.05) is 27.7 Å². The maximum atomic E-state index is 5.90. The topological polar surface area (TPSA) is 12.5 Å². The summed E-state index contributed by atoms with van der Waals surface area (Å²) in [4.78, 5) is 2.30. The smallest absolute Gasteiger partial charge is 0.182 e. The van der Waals surface area contributed by atoms with Crippen molar-refractivity contribution < 1.29 is 4.74 Å². The van der Waals surface area contributed by atoms with Crippen molar-refractivity contribution in [2.75, 3.05) is 13.1 Å². The van der Waals surface area contributed by atoms with E-state index in [4.69, 9.17) is 4.74 Å². The normalized spacial score (nSPS) is 12.1. The molecule has 108 valence electrons. The van der Waals surface area contributed by atoms with Crippen LogP contribution in [0.4, 0.5) is 0 Å². The zero-order valence-electron chi connectivity index (χ0n) is 13.5. The average Bonchev–Trinajstić information content (AvgIpc) is 2.13. The van der Waals surface area contributed by atoms with E-state index in [0.717, 1.165) is 19.0 Å². The Morgan fingerprint density at radius 1 is 1.00 bits per heavy atom. The van der Waals surface area contributed by atoms with Gasteiger partial charge >= 0.3 is 0 Å². The number of nitrogens with zero attached hydrogens (tertiary/aromatic N) is 1. The van der Waals surface area contributed by atoms with E-state index in [1.165, 1.54) is 12.8 Å². The third-order valence-corrected chi connectivity index (χ3v) is 2.73. The summed E-state index contributed by atoms with van der Waals surface area (Å²) in [6.07, 6.45) is 2.37. The van der Waals surface area contributed by atoms with Gasteiger partial charge in [0.2, 0.25) is 0 Å². The number of hydrogen-bond acceptors (Lipinski definition) is 2. The Kier molecular flexibility index (Phi) is 7.42. The molecule has 0 heterocycles. The first-order chi connectivity index (χ1) is 8.11. The van der Waals surface area contributed by atoms with E-state index >= 15 is 0 Å². The van der Waals surface area contributed by atoms with Crippen LogP contribution in [0.15, 0.2) is 12.5 Å². The highest BCUT2D eigenvalue weighted by molar-refractivity contribution is 4.86. The fourth-order valence-electron chi connectivity index (χ4n) is 1.61. The molecule has 2 nitrogen and oxygen atoms in total. The predicted octanol–water partition coefficient (Wildman–Crippen LogP) is 4.67. The molecule has 0 aliphatic carbocycles. The van der Waals surface area contributed by atoms with Gasteiger partial charge in [-0.2, -0.15) is 0 Å². The van der Waals surface area contributed by atoms with Gasteiger partial charge < -0.3 is 9.64 Å². The van der Waals surface area contributed by atoms with Crippen molar-refractivity contribution in [3.63, 3.8) is 0 Å². The second kappa shape index (κ2) is 7.70. The lowest BCUT2D eigenvalue weighted by atomic mass is 10.1. The van der Waals surface area contributed by atoms with Crippen LogP contribution in [-0.2, 0) is 4.74 Å². The molecule has 0 aromatic carbocycles. The summed E-state index contributed by atoms with van der Waals surface area (Å²) in [5.74, 6) is 2.26. The molecular weight excluding hydrogens is 222 g/mol. The van der Waals surface area contributed by atoms with E-state index in [9.17, 15) is 0 Å². The molecular formula is C16H33NO. The van der Waals surface area contributed by atoms with Crippen molar-refractivity contribution in [3.8, 4) is 0 Å². The first-order valence-corrected chi connectivity index (χ1v) is 7.24. The Labute approximate surface area is 114 Å². The van der Waals surface area contributed by atoms with Gasteiger partial charge in [0.15, 0.2) is 5.88 Å². The molecule has 0 aliphatic rings. The van der Waals surface area contributed by atoms with Crippen molar-refractivity contribution in [2.45, 2.75) is 66.9 Å². The standard InChI is InChI=1S/C16H33NO/c1-13(2)9-11-17(12-10-14(3)4)15(5)18-16(6,7)8/h13-14H,5,9-12H2,1-4,6-8H3. The van der Waals surface area contributed by atoms with Gasteiger partial charge in [-0.05, 0) is 52.0 Å². The average molecular weight is 255 g/mol. The summed E-state index contributed by atoms with van der Waals surface area (Å²) in [5.41, 5.74) is -0.162. The van der Waals surface area contributed by atoms with Crippen LogP contribution in [0.5, 0.6) is 0 Å². The minimum Gasteiger partial charge on any atom is -0.474 e. The second-order valence-electron chi connectivity index (χ2n) is 6.96. The minimum absolute atomic E-state index is 0.162. The molecule has 0 amide bonds. The molecule has 0 spiro atoms. The summed E-state index contributed by atoms with van der Waals surface area (Å²) in [6.45, 7) is 21.4. The highest BCUT2D eigenvalue weighted by Gasteiger charge is 2.17. The summed E-state index contributed by atoms with van der Waals surface area (Å²) >= 11 is 0. The third-order valence-electron chi connectivity index (χ3n) is 2.73. The van der Waals surface area contributed by atoms with Crippen LogP contribution >= 0.6 is 0 Å². The van der Waals surface area contributed by atoms with Crippen LogP contribution in [0.3, 0.4) is 0 Å². The van der Waals surface area contributed by atoms with Crippen LogP contribution < -0.4 is 0 Å². The van der Waals surface area contributed by atoms with E-state index < -0.39 is 0 Å². The van der Waals surface area contributed by atoms with Crippen LogP contribution in [0.2, 0.25) is 0 Å². The van der Waals surface area contributed by atoms with E-state index in [-0.39, 0.29) is 5.60 Å². The zero-order chi connectivity index (χ0) is 14.3. The lowest BCUT2D eigenvalue weighted by molar-refractivity contribution is 0.000913. The molecule has 2 heteroatoms. The summed E-state index contributed by atoms with van der Waals surface area (Å²) in [6, 6.07) is 0. The third kappa shape index (κ3) is 9.38. The molecule has 18 heavy (non-hydrogen) atoms. The fourth-order valence-corrected chi connectivity index (χ4v) is 1.61. The maximum Gasteiger partial charge on any atom is 0.182 e. The first-order valence-electron chi connectivity index (χ1n) is 7.24. The molecule has 0 bridgehead atoms. The molecule has 0 N–H and O–H groups in total. The van der Waals surface area contributed by atoms with Crippen molar-refractivity contribution in [1.82, 2.24) is 4.90 Å². The SMILES string of the molecule is C=C(OC(C)(C)C)N(CCC(C)C)CCC(C)C. The largest absolute Gasteiger partial charge is 0.474 e. The molecule has 0 atom stereocenters. The molecule has 0 aromatic rings. The van der Waals surface area contributed by atoms with Crippen LogP contribution in [0, 0.1) is 11.8 Å². The molecule has 0 saturated heterocycles. The van der Waals surface area contributed by atoms with Crippen LogP contribution in [0.1, 0.15) is 61.3 Å². The van der Waals surface area contributed by atoms with Crippen LogP contribution in [0.25, 0.3) is 0 Å². The van der Waals surface area contributed by atoms with Gasteiger partial charge in [0, 0.05) is 13.1 Å². The highest BCUT2D eigenvalue weighted by atomic mass is 16.5. The molecule has 0 aliphatic heterocycles. The summed E-state index contributed by atoms with van der Waals surface area (Å²) in [7, 11) is 0. The van der Waals surface area contributed by atoms with Gasteiger partial charge in [-0.3, -0.25) is 0 Å². The van der Waals surface area contributed by atoms with Gasteiger partial charge in [0.05, 0.1) is 0 Å². The Hall–Kier alpha value is -0.660. The Morgan fingerprint density at radius 3 is 1.67 bits per heavy atom. The second-order valence-corrected chi connectivity index (χ2v) is 6.96. The van der Waals surface area contributed by atoms with E-state index in [2.05, 4.69) is 59.9 Å². The maximum absolute atomic E-state index is 5.90. The van der Waals surface area contributed by atoms with E-state index in [1.807, 2.05) is 0 Å². The van der Waals surface area contributed by atoms with Gasteiger partial charge in [0.25, 0.3) is 0 Å². The monoisotopic (exact) mass is 255 g/mol. The zero-order valence-corrected chi connectivity index (χ0v) is 13.5. The Morgan fingerprint density at radius 2 is 1.39 bits per heavy atom. The quantitative estimate of drug-likeness (QED) is 0.585. The molecule has 0 unspecified atom stereocenters. The molecule has 0 fully saturated rings. The van der Waals surface area contributed by atoms with Crippen molar-refractivity contribution in [1.29, 1.82) is 0 Å². The fraction of sp³-hybridized carbons (Fsp3) is 0.875. The van der Waals surface area contributed by atoms with E-state index in [1.54, 1.807) is 0 Å². The molecule has 0 radical (unpaired) electrons. The first kappa shape index (κ1) is 17.3. The summed E-state index contributed by atoms with van der Waals surface area (Å²) < 4.78 is 5.90. The summed E-state index contributed by atoms with van der Waals surface area (Å²) in [5, 5.41) is 0. The lowest BCUT2D eigenvalue weighted by Crippen LogP contribution is -2.32. The highest BCUT2D eigenvalue weighted by Crippen LogP contribution is 2.18. The molecule has 0 saturated carbocycles. The Balaban J connectivity index is 4.39. The number of rotatable bonds is 8. The van der Waals surface area contributed by atoms with Gasteiger partial charge in [0.1, 0.15) is 5.60 Å². The minimum atomic E-state index is -0.162. The van der Waals surface area contributed by atoms with Gasteiger partial charge in [-0.25, -0.2) is 0 Å². The van der Waals surface area contributed by atoms with Crippen molar-refractivity contribution in [2.24, 2.45) is 11.8 Å². The number of hydrogen-bond donors (Lipinski definition) is 0. The predicted molar refractivity (Wildman–Crippen MR) is 80.5 cm³/mol. The lowest BCUT2D eigenvalue weighted by Gasteiger charge is -2.32. The molecule has 0 aromatic heterocycles.